The first kappa shape index (κ1) is 9.48. The Morgan fingerprint density at radius 1 is 1.75 bits per heavy atom. The molecule has 5 heteroatoms. The Morgan fingerprint density at radius 3 is 3.00 bits per heavy atom. The van der Waals surface area contributed by atoms with E-state index in [9.17, 15) is 4.79 Å². The van der Waals surface area contributed by atoms with Gasteiger partial charge in [0.25, 0.3) is 0 Å². The molecule has 1 heterocycles. The van der Waals surface area contributed by atoms with Crippen molar-refractivity contribution in [1.82, 2.24) is 4.98 Å². The first-order chi connectivity index (χ1) is 5.59. The minimum Gasteiger partial charge on any atom is -0.324 e. The number of halogens is 2. The van der Waals surface area contributed by atoms with Gasteiger partial charge in [-0.2, -0.15) is 0 Å². The molecule has 1 N–H and O–H groups in total. The van der Waals surface area contributed by atoms with Crippen LogP contribution in [0.1, 0.15) is 6.92 Å². The highest BCUT2D eigenvalue weighted by Crippen LogP contribution is 2.22. The van der Waals surface area contributed by atoms with Gasteiger partial charge in [0, 0.05) is 17.6 Å². The zero-order valence-electron chi connectivity index (χ0n) is 6.27. The maximum atomic E-state index is 10.7. The van der Waals surface area contributed by atoms with Crippen LogP contribution in [0, 0.1) is 0 Å². The Balaban J connectivity index is 2.97. The number of carbonyl (C=O) groups is 1. The SMILES string of the molecule is CC(=O)Nc1cc(Br)cnc1Cl. The summed E-state index contributed by atoms with van der Waals surface area (Å²) >= 11 is 8.91. The highest BCUT2D eigenvalue weighted by atomic mass is 79.9. The number of hydrogen-bond donors (Lipinski definition) is 1. The van der Waals surface area contributed by atoms with Crippen LogP contribution < -0.4 is 5.32 Å². The second-order valence-electron chi connectivity index (χ2n) is 2.17. The number of hydrogen-bond acceptors (Lipinski definition) is 2. The number of rotatable bonds is 1. The molecule has 0 aliphatic carbocycles. The maximum absolute atomic E-state index is 10.7. The van der Waals surface area contributed by atoms with Crippen LogP contribution in [0.4, 0.5) is 5.69 Å². The average molecular weight is 249 g/mol. The number of anilines is 1. The molecule has 12 heavy (non-hydrogen) atoms. The molecule has 1 aromatic heterocycles. The van der Waals surface area contributed by atoms with Crippen LogP contribution in [0.2, 0.25) is 5.15 Å². The molecule has 0 fully saturated rings. The third kappa shape index (κ3) is 2.46. The van der Waals surface area contributed by atoms with Crippen LogP contribution in [0.3, 0.4) is 0 Å². The summed E-state index contributed by atoms with van der Waals surface area (Å²) in [5.41, 5.74) is 0.513. The third-order valence-corrected chi connectivity index (χ3v) is 1.85. The summed E-state index contributed by atoms with van der Waals surface area (Å²) in [5.74, 6) is -0.170. The molecule has 0 atom stereocenters. The van der Waals surface area contributed by atoms with E-state index in [1.165, 1.54) is 6.92 Å². The zero-order valence-corrected chi connectivity index (χ0v) is 8.61. The maximum Gasteiger partial charge on any atom is 0.221 e. The van der Waals surface area contributed by atoms with Crippen molar-refractivity contribution >= 4 is 39.1 Å². The minimum atomic E-state index is -0.170. The van der Waals surface area contributed by atoms with Gasteiger partial charge < -0.3 is 5.32 Å². The van der Waals surface area contributed by atoms with Crippen molar-refractivity contribution in [3.8, 4) is 0 Å². The Hall–Kier alpha value is -0.610. The first-order valence-corrected chi connectivity index (χ1v) is 4.35. The van der Waals surface area contributed by atoms with Gasteiger partial charge in [-0.15, -0.1) is 0 Å². The van der Waals surface area contributed by atoms with Gasteiger partial charge in [-0.1, -0.05) is 11.6 Å². The Labute approximate surface area is 83.3 Å². The van der Waals surface area contributed by atoms with E-state index in [1.807, 2.05) is 0 Å². The normalized spacial score (nSPS) is 9.58. The molecule has 1 amide bonds. The van der Waals surface area contributed by atoms with Gasteiger partial charge in [-0.3, -0.25) is 4.79 Å². The molecule has 0 aliphatic rings. The van der Waals surface area contributed by atoms with Crippen LogP contribution in [-0.2, 0) is 4.79 Å². The van der Waals surface area contributed by atoms with Crippen LogP contribution in [0.25, 0.3) is 0 Å². The Morgan fingerprint density at radius 2 is 2.42 bits per heavy atom. The van der Waals surface area contributed by atoms with Gasteiger partial charge in [0.1, 0.15) is 0 Å². The molecule has 0 radical (unpaired) electrons. The van der Waals surface area contributed by atoms with Crippen molar-refractivity contribution in [1.29, 1.82) is 0 Å². The summed E-state index contributed by atoms with van der Waals surface area (Å²) < 4.78 is 0.774. The number of nitrogens with one attached hydrogen (secondary N) is 1. The molecule has 0 aromatic carbocycles. The van der Waals surface area contributed by atoms with E-state index < -0.39 is 0 Å². The van der Waals surface area contributed by atoms with E-state index in [0.717, 1.165) is 4.47 Å². The lowest BCUT2D eigenvalue weighted by Crippen LogP contribution is -2.06. The third-order valence-electron chi connectivity index (χ3n) is 1.12. The van der Waals surface area contributed by atoms with Crippen molar-refractivity contribution in [2.24, 2.45) is 0 Å². The van der Waals surface area contributed by atoms with Crippen LogP contribution in [-0.4, -0.2) is 10.9 Å². The van der Waals surface area contributed by atoms with E-state index >= 15 is 0 Å². The molecule has 64 valence electrons. The molecule has 0 bridgehead atoms. The monoisotopic (exact) mass is 248 g/mol. The number of carbonyl (C=O) groups excluding carboxylic acids is 1. The van der Waals surface area contributed by atoms with Crippen molar-refractivity contribution in [3.05, 3.63) is 21.9 Å². The van der Waals surface area contributed by atoms with Crippen molar-refractivity contribution in [3.63, 3.8) is 0 Å². The minimum absolute atomic E-state index is 0.170. The fourth-order valence-corrected chi connectivity index (χ4v) is 1.18. The molecule has 0 saturated carbocycles. The quantitative estimate of drug-likeness (QED) is 0.777. The number of aromatic nitrogens is 1. The summed E-state index contributed by atoms with van der Waals surface area (Å²) in [5, 5.41) is 2.84. The second kappa shape index (κ2) is 3.87. The van der Waals surface area contributed by atoms with E-state index in [1.54, 1.807) is 12.3 Å². The molecule has 3 nitrogen and oxygen atoms in total. The lowest BCUT2D eigenvalue weighted by molar-refractivity contribution is -0.114. The highest BCUT2D eigenvalue weighted by molar-refractivity contribution is 9.10. The van der Waals surface area contributed by atoms with E-state index in [2.05, 4.69) is 26.2 Å². The molecular weight excluding hydrogens is 243 g/mol. The van der Waals surface area contributed by atoms with Crippen molar-refractivity contribution in [2.75, 3.05) is 5.32 Å². The van der Waals surface area contributed by atoms with E-state index in [-0.39, 0.29) is 11.1 Å². The summed E-state index contributed by atoms with van der Waals surface area (Å²) in [6, 6.07) is 1.69. The van der Waals surface area contributed by atoms with Gasteiger partial charge in [-0.05, 0) is 22.0 Å². The molecule has 1 rings (SSSR count). The summed E-state index contributed by atoms with van der Waals surface area (Å²) in [7, 11) is 0. The molecule has 1 aromatic rings. The molecule has 0 unspecified atom stereocenters. The summed E-state index contributed by atoms with van der Waals surface area (Å²) in [6.07, 6.45) is 1.56. The predicted molar refractivity (Wildman–Crippen MR) is 51.3 cm³/mol. The van der Waals surface area contributed by atoms with E-state index in [0.29, 0.717) is 5.69 Å². The van der Waals surface area contributed by atoms with Crippen molar-refractivity contribution < 1.29 is 4.79 Å². The molecule has 0 aliphatic heterocycles. The Kier molecular flexibility index (Phi) is 3.05. The number of pyridine rings is 1. The summed E-state index contributed by atoms with van der Waals surface area (Å²) in [4.78, 5) is 14.5. The van der Waals surface area contributed by atoms with Gasteiger partial charge in [0.15, 0.2) is 5.15 Å². The topological polar surface area (TPSA) is 42.0 Å². The molecular formula is C7H6BrClN2O. The predicted octanol–water partition coefficient (Wildman–Crippen LogP) is 2.46. The first-order valence-electron chi connectivity index (χ1n) is 3.18. The summed E-state index contributed by atoms with van der Waals surface area (Å²) in [6.45, 7) is 1.41. The van der Waals surface area contributed by atoms with E-state index in [4.69, 9.17) is 11.6 Å². The molecule has 0 spiro atoms. The largest absolute Gasteiger partial charge is 0.324 e. The van der Waals surface area contributed by atoms with Gasteiger partial charge in [0.2, 0.25) is 5.91 Å². The van der Waals surface area contributed by atoms with Gasteiger partial charge >= 0.3 is 0 Å². The Bertz CT molecular complexity index is 316. The standard InChI is InChI=1S/C7H6BrClN2O/c1-4(12)11-6-2-5(8)3-10-7(6)9/h2-3H,1H3,(H,11,12). The fraction of sp³-hybridized carbons (Fsp3) is 0.143. The average Bonchev–Trinajstić information content (AvgIpc) is 1.96. The lowest BCUT2D eigenvalue weighted by Gasteiger charge is -2.03. The van der Waals surface area contributed by atoms with Crippen LogP contribution in [0.15, 0.2) is 16.7 Å². The second-order valence-corrected chi connectivity index (χ2v) is 3.45. The lowest BCUT2D eigenvalue weighted by atomic mass is 10.4. The number of amides is 1. The van der Waals surface area contributed by atoms with Crippen LogP contribution in [0.5, 0.6) is 0 Å². The molecule has 0 saturated heterocycles. The smallest absolute Gasteiger partial charge is 0.221 e. The highest BCUT2D eigenvalue weighted by Gasteiger charge is 2.02. The zero-order chi connectivity index (χ0) is 9.14. The fourth-order valence-electron chi connectivity index (χ4n) is 0.700. The van der Waals surface area contributed by atoms with Gasteiger partial charge in [0.05, 0.1) is 5.69 Å². The van der Waals surface area contributed by atoms with Gasteiger partial charge in [-0.25, -0.2) is 4.98 Å². The number of nitrogens with zero attached hydrogens (tertiary/aromatic N) is 1. The van der Waals surface area contributed by atoms with Crippen molar-refractivity contribution in [2.45, 2.75) is 6.92 Å². The van der Waals surface area contributed by atoms with Crippen LogP contribution >= 0.6 is 27.5 Å².